The van der Waals surface area contributed by atoms with E-state index in [9.17, 15) is 0 Å². The molecule has 0 heterocycles. The Morgan fingerprint density at radius 2 is 2.00 bits per heavy atom. The van der Waals surface area contributed by atoms with Gasteiger partial charge in [0.1, 0.15) is 5.60 Å². The van der Waals surface area contributed by atoms with Crippen LogP contribution in [0.2, 0.25) is 0 Å². The zero-order chi connectivity index (χ0) is 11.4. The van der Waals surface area contributed by atoms with E-state index in [4.69, 9.17) is 4.74 Å². The second kappa shape index (κ2) is 2.98. The Morgan fingerprint density at radius 3 is 2.75 bits per heavy atom. The van der Waals surface area contributed by atoms with Gasteiger partial charge in [-0.3, -0.25) is 0 Å². The van der Waals surface area contributed by atoms with Crippen LogP contribution in [0.3, 0.4) is 0 Å². The van der Waals surface area contributed by atoms with E-state index >= 15 is 0 Å². The summed E-state index contributed by atoms with van der Waals surface area (Å²) in [6.07, 6.45) is 5.64. The molecule has 0 aliphatic heterocycles. The Kier molecular flexibility index (Phi) is 1.88. The minimum absolute atomic E-state index is 0.101. The van der Waals surface area contributed by atoms with Crippen LogP contribution in [0.5, 0.6) is 0 Å². The van der Waals surface area contributed by atoms with Gasteiger partial charge in [-0.05, 0) is 38.3 Å². The van der Waals surface area contributed by atoms with Crippen molar-refractivity contribution in [2.45, 2.75) is 44.3 Å². The normalized spacial score (nSPS) is 30.8. The average Bonchev–Trinajstić information content (AvgIpc) is 2.72. The Bertz CT molecular complexity index is 453. The van der Waals surface area contributed by atoms with Crippen molar-refractivity contribution < 1.29 is 4.74 Å². The van der Waals surface area contributed by atoms with Crippen molar-refractivity contribution in [3.63, 3.8) is 0 Å². The van der Waals surface area contributed by atoms with E-state index < -0.39 is 0 Å². The molecule has 3 rings (SSSR count). The van der Waals surface area contributed by atoms with Crippen LogP contribution in [0, 0.1) is 0 Å². The molecule has 0 aromatic heterocycles. The van der Waals surface area contributed by atoms with Crippen molar-refractivity contribution >= 4 is 0 Å². The Labute approximate surface area is 97.1 Å². The first-order chi connectivity index (χ1) is 7.50. The quantitative estimate of drug-likeness (QED) is 0.647. The molecule has 2 aliphatic carbocycles. The lowest BCUT2D eigenvalue weighted by Crippen LogP contribution is -2.33. The minimum atomic E-state index is -0.153. The minimum Gasteiger partial charge on any atom is -0.361 e. The molecule has 16 heavy (non-hydrogen) atoms. The summed E-state index contributed by atoms with van der Waals surface area (Å²) < 4.78 is 6.32. The molecule has 2 bridgehead atoms. The van der Waals surface area contributed by atoms with Crippen LogP contribution in [0.1, 0.15) is 44.2 Å². The van der Waals surface area contributed by atoms with Gasteiger partial charge >= 0.3 is 0 Å². The topological polar surface area (TPSA) is 9.23 Å². The van der Waals surface area contributed by atoms with Gasteiger partial charge in [0.05, 0.1) is 5.60 Å². The Balaban J connectivity index is 2.07. The maximum Gasteiger partial charge on any atom is 0.113 e. The number of fused-ring (bicyclic) bond motifs is 5. The summed E-state index contributed by atoms with van der Waals surface area (Å²) in [5.74, 6) is 0.568. The molecule has 0 spiro atoms. The standard InChI is InChI=1S/C15H18O/c1-14(2,3)16-15-9-8-11(10-15)12-6-4-5-7-13(12)15/h4-9,11H,10H2,1-3H3/t11-,15-/m0/s1. The third-order valence-electron chi connectivity index (χ3n) is 3.43. The number of allylic oxidation sites excluding steroid dienone is 1. The SMILES string of the molecule is CC(C)(C)O[C@@]12C=C[C@@H](C1)c1ccccc12. The van der Waals surface area contributed by atoms with Crippen LogP contribution >= 0.6 is 0 Å². The highest BCUT2D eigenvalue weighted by Gasteiger charge is 2.47. The Morgan fingerprint density at radius 1 is 1.25 bits per heavy atom. The van der Waals surface area contributed by atoms with Gasteiger partial charge in [0.2, 0.25) is 0 Å². The summed E-state index contributed by atoms with van der Waals surface area (Å²) in [6.45, 7) is 6.39. The number of hydrogen-bond acceptors (Lipinski definition) is 1. The van der Waals surface area contributed by atoms with Crippen LogP contribution in [0.4, 0.5) is 0 Å². The first-order valence-corrected chi connectivity index (χ1v) is 5.99. The molecule has 1 nitrogen and oxygen atoms in total. The van der Waals surface area contributed by atoms with Crippen molar-refractivity contribution in [3.8, 4) is 0 Å². The maximum absolute atomic E-state index is 6.32. The number of ether oxygens (including phenoxy) is 1. The summed E-state index contributed by atoms with van der Waals surface area (Å²) in [4.78, 5) is 0. The van der Waals surface area contributed by atoms with Gasteiger partial charge < -0.3 is 4.74 Å². The van der Waals surface area contributed by atoms with Gasteiger partial charge in [-0.1, -0.05) is 36.4 Å². The Hall–Kier alpha value is -1.08. The largest absolute Gasteiger partial charge is 0.361 e. The zero-order valence-corrected chi connectivity index (χ0v) is 10.2. The lowest BCUT2D eigenvalue weighted by Gasteiger charge is -2.34. The van der Waals surface area contributed by atoms with Crippen LogP contribution in [0.15, 0.2) is 36.4 Å². The molecule has 2 aliphatic rings. The van der Waals surface area contributed by atoms with Crippen molar-refractivity contribution in [2.24, 2.45) is 0 Å². The maximum atomic E-state index is 6.32. The van der Waals surface area contributed by atoms with Gasteiger partial charge in [0.15, 0.2) is 0 Å². The smallest absolute Gasteiger partial charge is 0.113 e. The number of rotatable bonds is 1. The number of hydrogen-bond donors (Lipinski definition) is 0. The predicted molar refractivity (Wildman–Crippen MR) is 65.5 cm³/mol. The fourth-order valence-electron chi connectivity index (χ4n) is 3.03. The second-order valence-electron chi connectivity index (χ2n) is 5.86. The highest BCUT2D eigenvalue weighted by atomic mass is 16.5. The molecule has 0 saturated heterocycles. The summed E-state index contributed by atoms with van der Waals surface area (Å²) >= 11 is 0. The van der Waals surface area contributed by atoms with Gasteiger partial charge in [-0.25, -0.2) is 0 Å². The first kappa shape index (κ1) is 10.1. The van der Waals surface area contributed by atoms with Crippen LogP contribution < -0.4 is 0 Å². The second-order valence-corrected chi connectivity index (χ2v) is 5.86. The average molecular weight is 214 g/mol. The molecule has 0 fully saturated rings. The highest BCUT2D eigenvalue weighted by Crippen LogP contribution is 2.54. The van der Waals surface area contributed by atoms with E-state index in [1.807, 2.05) is 0 Å². The zero-order valence-electron chi connectivity index (χ0n) is 10.2. The molecule has 0 unspecified atom stereocenters. The van der Waals surface area contributed by atoms with Crippen molar-refractivity contribution in [3.05, 3.63) is 47.5 Å². The molecule has 0 N–H and O–H groups in total. The molecule has 0 amide bonds. The summed E-state index contributed by atoms with van der Waals surface area (Å²) in [5, 5.41) is 0. The molecule has 84 valence electrons. The molecule has 0 saturated carbocycles. The molecule has 1 aromatic rings. The van der Waals surface area contributed by atoms with Gasteiger partial charge in [0, 0.05) is 5.92 Å². The summed E-state index contributed by atoms with van der Waals surface area (Å²) in [5.41, 5.74) is 2.57. The lowest BCUT2D eigenvalue weighted by molar-refractivity contribution is -0.106. The van der Waals surface area contributed by atoms with E-state index in [0.29, 0.717) is 5.92 Å². The third kappa shape index (κ3) is 1.35. The van der Waals surface area contributed by atoms with E-state index in [2.05, 4.69) is 57.2 Å². The fraction of sp³-hybridized carbons (Fsp3) is 0.467. The van der Waals surface area contributed by atoms with Crippen molar-refractivity contribution in [1.29, 1.82) is 0 Å². The van der Waals surface area contributed by atoms with Crippen molar-refractivity contribution in [2.75, 3.05) is 0 Å². The third-order valence-corrected chi connectivity index (χ3v) is 3.43. The van der Waals surface area contributed by atoms with Gasteiger partial charge in [-0.2, -0.15) is 0 Å². The summed E-state index contributed by atoms with van der Waals surface area (Å²) in [7, 11) is 0. The number of benzene rings is 1. The molecule has 0 radical (unpaired) electrons. The van der Waals surface area contributed by atoms with Crippen LogP contribution in [-0.2, 0) is 10.3 Å². The molecule has 2 atom stereocenters. The lowest BCUT2D eigenvalue weighted by atomic mass is 9.93. The van der Waals surface area contributed by atoms with Crippen LogP contribution in [0.25, 0.3) is 0 Å². The first-order valence-electron chi connectivity index (χ1n) is 5.99. The van der Waals surface area contributed by atoms with Crippen LogP contribution in [-0.4, -0.2) is 5.60 Å². The van der Waals surface area contributed by atoms with Gasteiger partial charge in [0.25, 0.3) is 0 Å². The van der Waals surface area contributed by atoms with E-state index in [0.717, 1.165) is 6.42 Å². The highest BCUT2D eigenvalue weighted by molar-refractivity contribution is 5.50. The predicted octanol–water partition coefficient (Wildman–Crippen LogP) is 3.75. The molecule has 1 aromatic carbocycles. The molecular weight excluding hydrogens is 196 g/mol. The van der Waals surface area contributed by atoms with Crippen molar-refractivity contribution in [1.82, 2.24) is 0 Å². The summed E-state index contributed by atoms with van der Waals surface area (Å²) in [6, 6.07) is 8.68. The molecular formula is C15H18O. The van der Waals surface area contributed by atoms with Gasteiger partial charge in [-0.15, -0.1) is 0 Å². The fourth-order valence-corrected chi connectivity index (χ4v) is 3.03. The molecule has 1 heteroatoms. The monoisotopic (exact) mass is 214 g/mol. The van der Waals surface area contributed by atoms with E-state index in [1.165, 1.54) is 11.1 Å². The van der Waals surface area contributed by atoms with E-state index in [-0.39, 0.29) is 11.2 Å². The van der Waals surface area contributed by atoms with E-state index in [1.54, 1.807) is 0 Å².